The van der Waals surface area contributed by atoms with E-state index in [1.54, 1.807) is 11.5 Å². The number of alkyl halides is 1. The minimum atomic E-state index is -0.511. The summed E-state index contributed by atoms with van der Waals surface area (Å²) in [5.74, 6) is 0.387. The summed E-state index contributed by atoms with van der Waals surface area (Å²) < 4.78 is 1.69. The van der Waals surface area contributed by atoms with Crippen molar-refractivity contribution in [1.29, 1.82) is 0 Å². The van der Waals surface area contributed by atoms with E-state index in [9.17, 15) is 4.79 Å². The second-order valence-electron chi connectivity index (χ2n) is 3.91. The van der Waals surface area contributed by atoms with Crippen LogP contribution < -0.4 is 5.73 Å². The topological polar surface area (TPSA) is 73.8 Å². The second kappa shape index (κ2) is 4.33. The summed E-state index contributed by atoms with van der Waals surface area (Å²) in [4.78, 5) is 20.0. The van der Waals surface area contributed by atoms with E-state index < -0.39 is 11.9 Å². The zero-order valence-corrected chi connectivity index (χ0v) is 10.4. The summed E-state index contributed by atoms with van der Waals surface area (Å²) in [6, 6.07) is 3.22. The van der Waals surface area contributed by atoms with Gasteiger partial charge in [-0.3, -0.25) is 9.36 Å². The number of hydrogen-bond donors (Lipinski definition) is 1. The van der Waals surface area contributed by atoms with Crippen molar-refractivity contribution in [1.82, 2.24) is 14.5 Å². The molecule has 17 heavy (non-hydrogen) atoms. The molecule has 2 aromatic rings. The summed E-state index contributed by atoms with van der Waals surface area (Å²) in [6.07, 6.45) is 0. The van der Waals surface area contributed by atoms with Crippen molar-refractivity contribution in [3.8, 4) is 0 Å². The molecule has 0 saturated heterocycles. The van der Waals surface area contributed by atoms with Crippen LogP contribution in [0, 0.1) is 6.92 Å². The van der Waals surface area contributed by atoms with Gasteiger partial charge in [-0.15, -0.1) is 11.6 Å². The lowest BCUT2D eigenvalue weighted by Gasteiger charge is -2.12. The number of aromatic nitrogens is 3. The highest BCUT2D eigenvalue weighted by molar-refractivity contribution is 6.16. The number of aryl methyl sites for hydroxylation is 1. The first-order valence-electron chi connectivity index (χ1n) is 5.24. The average Bonchev–Trinajstić information content (AvgIpc) is 2.65. The van der Waals surface area contributed by atoms with Gasteiger partial charge in [-0.2, -0.15) is 0 Å². The highest BCUT2D eigenvalue weighted by atomic mass is 35.5. The molecular formula is C11H13ClN4O. The predicted octanol–water partition coefficient (Wildman–Crippen LogP) is 1.52. The van der Waals surface area contributed by atoms with Gasteiger partial charge < -0.3 is 5.73 Å². The standard InChI is InChI=1S/C11H13ClN4O/c1-6-3-4-8-11(14-6)16(7(2)10(13)17)9(5-12)15-8/h3-4,7H,5H2,1-2H3,(H2,13,17). The summed E-state index contributed by atoms with van der Waals surface area (Å²) in [5, 5.41) is 0. The molecular weight excluding hydrogens is 240 g/mol. The number of hydrogen-bond acceptors (Lipinski definition) is 3. The first-order chi connectivity index (χ1) is 8.04. The molecule has 0 aliphatic rings. The van der Waals surface area contributed by atoms with E-state index >= 15 is 0 Å². The maximum absolute atomic E-state index is 11.3. The normalized spacial score (nSPS) is 12.9. The van der Waals surface area contributed by atoms with Crippen LogP contribution in [0.1, 0.15) is 24.5 Å². The number of halogens is 1. The van der Waals surface area contributed by atoms with Crippen LogP contribution in [0.25, 0.3) is 11.2 Å². The molecule has 0 aromatic carbocycles. The van der Waals surface area contributed by atoms with E-state index in [1.165, 1.54) is 0 Å². The Kier molecular flexibility index (Phi) is 3.02. The first-order valence-corrected chi connectivity index (χ1v) is 5.77. The number of nitrogens with two attached hydrogens (primary N) is 1. The maximum Gasteiger partial charge on any atom is 0.240 e. The van der Waals surface area contributed by atoms with Crippen molar-refractivity contribution in [3.63, 3.8) is 0 Å². The van der Waals surface area contributed by atoms with Gasteiger partial charge in [-0.1, -0.05) is 0 Å². The lowest BCUT2D eigenvalue weighted by Crippen LogP contribution is -2.25. The molecule has 0 spiro atoms. The highest BCUT2D eigenvalue weighted by Gasteiger charge is 2.19. The van der Waals surface area contributed by atoms with Crippen molar-refractivity contribution >= 4 is 28.7 Å². The minimum absolute atomic E-state index is 0.215. The fraction of sp³-hybridized carbons (Fsp3) is 0.364. The van der Waals surface area contributed by atoms with Gasteiger partial charge in [0.25, 0.3) is 0 Å². The number of nitrogens with zero attached hydrogens (tertiary/aromatic N) is 3. The summed E-state index contributed by atoms with van der Waals surface area (Å²) in [7, 11) is 0. The Balaban J connectivity index is 2.72. The Morgan fingerprint density at radius 2 is 2.24 bits per heavy atom. The van der Waals surface area contributed by atoms with E-state index in [0.29, 0.717) is 11.5 Å². The van der Waals surface area contributed by atoms with Crippen LogP contribution >= 0.6 is 11.6 Å². The van der Waals surface area contributed by atoms with Crippen molar-refractivity contribution in [2.75, 3.05) is 0 Å². The number of rotatable bonds is 3. The molecule has 0 radical (unpaired) electrons. The van der Waals surface area contributed by atoms with Crippen molar-refractivity contribution in [3.05, 3.63) is 23.7 Å². The number of primary amides is 1. The average molecular weight is 253 g/mol. The Labute approximate surface area is 104 Å². The third-order valence-electron chi connectivity index (χ3n) is 2.67. The molecule has 2 rings (SSSR count). The third kappa shape index (κ3) is 1.98. The lowest BCUT2D eigenvalue weighted by atomic mass is 10.3. The Hall–Kier alpha value is -1.62. The van der Waals surface area contributed by atoms with Gasteiger partial charge in [0.2, 0.25) is 5.91 Å². The summed E-state index contributed by atoms with van der Waals surface area (Å²) >= 11 is 5.83. The molecule has 2 aromatic heterocycles. The molecule has 2 heterocycles. The van der Waals surface area contributed by atoms with Crippen LogP contribution in [0.4, 0.5) is 0 Å². The van der Waals surface area contributed by atoms with E-state index in [2.05, 4.69) is 9.97 Å². The van der Waals surface area contributed by atoms with E-state index in [0.717, 1.165) is 11.2 Å². The summed E-state index contributed by atoms with van der Waals surface area (Å²) in [5.41, 5.74) is 7.55. The van der Waals surface area contributed by atoms with Gasteiger partial charge in [0, 0.05) is 5.69 Å². The fourth-order valence-electron chi connectivity index (χ4n) is 1.74. The molecule has 0 bridgehead atoms. The molecule has 5 nitrogen and oxygen atoms in total. The highest BCUT2D eigenvalue weighted by Crippen LogP contribution is 2.21. The van der Waals surface area contributed by atoms with Crippen molar-refractivity contribution in [2.45, 2.75) is 25.8 Å². The molecule has 1 amide bonds. The number of carbonyl (C=O) groups is 1. The quantitative estimate of drug-likeness (QED) is 0.842. The van der Waals surface area contributed by atoms with Gasteiger partial charge in [0.05, 0.1) is 5.88 Å². The SMILES string of the molecule is Cc1ccc2nc(CCl)n(C(C)C(N)=O)c2n1. The molecule has 0 aliphatic heterocycles. The van der Waals surface area contributed by atoms with Crippen LogP contribution in [0.15, 0.2) is 12.1 Å². The smallest absolute Gasteiger partial charge is 0.240 e. The predicted molar refractivity (Wildman–Crippen MR) is 65.7 cm³/mol. The summed E-state index contributed by atoms with van der Waals surface area (Å²) in [6.45, 7) is 3.59. The molecule has 2 N–H and O–H groups in total. The number of amides is 1. The molecule has 6 heteroatoms. The van der Waals surface area contributed by atoms with E-state index in [-0.39, 0.29) is 5.88 Å². The van der Waals surface area contributed by atoms with Crippen molar-refractivity contribution < 1.29 is 4.79 Å². The van der Waals surface area contributed by atoms with E-state index in [4.69, 9.17) is 17.3 Å². The van der Waals surface area contributed by atoms with Gasteiger partial charge >= 0.3 is 0 Å². The molecule has 90 valence electrons. The number of fused-ring (bicyclic) bond motifs is 1. The molecule has 1 unspecified atom stereocenters. The molecule has 1 atom stereocenters. The maximum atomic E-state index is 11.3. The zero-order valence-electron chi connectivity index (χ0n) is 9.64. The number of carbonyl (C=O) groups excluding carboxylic acids is 1. The van der Waals surface area contributed by atoms with E-state index in [1.807, 2.05) is 19.1 Å². The largest absolute Gasteiger partial charge is 0.368 e. The van der Waals surface area contributed by atoms with Gasteiger partial charge in [-0.05, 0) is 26.0 Å². The van der Waals surface area contributed by atoms with Gasteiger partial charge in [0.15, 0.2) is 5.65 Å². The number of imidazole rings is 1. The Bertz CT molecular complexity index is 578. The van der Waals surface area contributed by atoms with Crippen LogP contribution in [0.5, 0.6) is 0 Å². The van der Waals surface area contributed by atoms with Gasteiger partial charge in [-0.25, -0.2) is 9.97 Å². The lowest BCUT2D eigenvalue weighted by molar-refractivity contribution is -0.120. The third-order valence-corrected chi connectivity index (χ3v) is 2.91. The second-order valence-corrected chi connectivity index (χ2v) is 4.17. The Morgan fingerprint density at radius 3 is 2.82 bits per heavy atom. The minimum Gasteiger partial charge on any atom is -0.368 e. The molecule has 0 fully saturated rings. The zero-order chi connectivity index (χ0) is 12.6. The first kappa shape index (κ1) is 11.9. The van der Waals surface area contributed by atoms with Crippen LogP contribution in [-0.4, -0.2) is 20.4 Å². The van der Waals surface area contributed by atoms with Crippen LogP contribution in [-0.2, 0) is 10.7 Å². The van der Waals surface area contributed by atoms with Crippen LogP contribution in [0.3, 0.4) is 0 Å². The molecule has 0 saturated carbocycles. The van der Waals surface area contributed by atoms with Crippen LogP contribution in [0.2, 0.25) is 0 Å². The molecule has 0 aliphatic carbocycles. The number of pyridine rings is 1. The monoisotopic (exact) mass is 252 g/mol. The fourth-order valence-corrected chi connectivity index (χ4v) is 1.93. The van der Waals surface area contributed by atoms with Gasteiger partial charge in [0.1, 0.15) is 17.4 Å². The Morgan fingerprint density at radius 1 is 1.53 bits per heavy atom. The van der Waals surface area contributed by atoms with Crippen molar-refractivity contribution in [2.24, 2.45) is 5.73 Å².